The summed E-state index contributed by atoms with van der Waals surface area (Å²) in [5.74, 6) is -1.88. The largest absolute Gasteiger partial charge is 0.479 e. The summed E-state index contributed by atoms with van der Waals surface area (Å²) in [5, 5.41) is 17.3. The molecular formula is C9H6Cl2F2O4. The van der Waals surface area contributed by atoms with Gasteiger partial charge in [0, 0.05) is 5.56 Å². The predicted octanol–water partition coefficient (Wildman–Crippen LogP) is 2.71. The summed E-state index contributed by atoms with van der Waals surface area (Å²) >= 11 is 11.2. The van der Waals surface area contributed by atoms with Crippen molar-refractivity contribution >= 4 is 29.2 Å². The van der Waals surface area contributed by atoms with Crippen LogP contribution in [0, 0.1) is 0 Å². The highest BCUT2D eigenvalue weighted by molar-refractivity contribution is 6.36. The summed E-state index contributed by atoms with van der Waals surface area (Å²) in [5.41, 5.74) is -0.276. The highest BCUT2D eigenvalue weighted by Crippen LogP contribution is 2.35. The molecule has 17 heavy (non-hydrogen) atoms. The van der Waals surface area contributed by atoms with Gasteiger partial charge in [-0.25, -0.2) is 4.79 Å². The molecule has 94 valence electrons. The Morgan fingerprint density at radius 2 is 1.76 bits per heavy atom. The molecule has 0 saturated heterocycles. The van der Waals surface area contributed by atoms with Gasteiger partial charge in [-0.2, -0.15) is 8.78 Å². The van der Waals surface area contributed by atoms with Crippen molar-refractivity contribution in [1.82, 2.24) is 0 Å². The number of benzene rings is 1. The average Bonchev–Trinajstić information content (AvgIpc) is 2.14. The van der Waals surface area contributed by atoms with Gasteiger partial charge in [0.15, 0.2) is 6.10 Å². The fraction of sp³-hybridized carbons (Fsp3) is 0.222. The highest BCUT2D eigenvalue weighted by Gasteiger charge is 2.23. The predicted molar refractivity (Wildman–Crippen MR) is 55.7 cm³/mol. The summed E-state index contributed by atoms with van der Waals surface area (Å²) in [4.78, 5) is 10.5. The van der Waals surface area contributed by atoms with Crippen molar-refractivity contribution in [1.29, 1.82) is 0 Å². The van der Waals surface area contributed by atoms with E-state index in [2.05, 4.69) is 4.74 Å². The zero-order chi connectivity index (χ0) is 13.2. The van der Waals surface area contributed by atoms with Crippen molar-refractivity contribution < 1.29 is 28.5 Å². The molecule has 2 N–H and O–H groups in total. The van der Waals surface area contributed by atoms with Crippen LogP contribution in [-0.2, 0) is 4.79 Å². The SMILES string of the molecule is O=C(O)[C@@H](O)c1c(Cl)cc(OC(F)F)cc1Cl. The molecule has 8 heteroatoms. The molecule has 0 aliphatic heterocycles. The molecule has 1 atom stereocenters. The lowest BCUT2D eigenvalue weighted by atomic mass is 10.1. The van der Waals surface area contributed by atoms with Gasteiger partial charge in [0.2, 0.25) is 0 Å². The van der Waals surface area contributed by atoms with E-state index in [1.54, 1.807) is 0 Å². The van der Waals surface area contributed by atoms with Crippen LogP contribution >= 0.6 is 23.2 Å². The maximum Gasteiger partial charge on any atom is 0.387 e. The van der Waals surface area contributed by atoms with E-state index in [-0.39, 0.29) is 21.4 Å². The first-order chi connectivity index (χ1) is 7.82. The Morgan fingerprint density at radius 1 is 1.29 bits per heavy atom. The maximum absolute atomic E-state index is 11.9. The van der Waals surface area contributed by atoms with E-state index >= 15 is 0 Å². The number of aliphatic carboxylic acids is 1. The number of aliphatic hydroxyl groups excluding tert-OH is 1. The number of alkyl halides is 2. The number of hydrogen-bond donors (Lipinski definition) is 2. The van der Waals surface area contributed by atoms with Crippen molar-refractivity contribution in [2.75, 3.05) is 0 Å². The second-order valence-corrected chi connectivity index (χ2v) is 3.73. The molecule has 0 radical (unpaired) electrons. The first-order valence-corrected chi connectivity index (χ1v) is 4.93. The molecule has 0 aromatic heterocycles. The molecule has 0 aliphatic rings. The molecule has 0 amide bonds. The van der Waals surface area contributed by atoms with Gasteiger partial charge in [-0.05, 0) is 12.1 Å². The lowest BCUT2D eigenvalue weighted by Crippen LogP contribution is -2.12. The van der Waals surface area contributed by atoms with E-state index in [9.17, 15) is 18.7 Å². The third-order valence-corrected chi connectivity index (χ3v) is 2.41. The van der Waals surface area contributed by atoms with Gasteiger partial charge < -0.3 is 14.9 Å². The van der Waals surface area contributed by atoms with E-state index in [1.807, 2.05) is 0 Å². The van der Waals surface area contributed by atoms with E-state index in [0.29, 0.717) is 0 Å². The third kappa shape index (κ3) is 3.42. The van der Waals surface area contributed by atoms with E-state index in [4.69, 9.17) is 28.3 Å². The molecule has 1 aromatic rings. The second kappa shape index (κ2) is 5.48. The third-order valence-electron chi connectivity index (χ3n) is 1.79. The normalized spacial score (nSPS) is 12.6. The Kier molecular flexibility index (Phi) is 4.50. The average molecular weight is 287 g/mol. The lowest BCUT2D eigenvalue weighted by molar-refractivity contribution is -0.146. The van der Waals surface area contributed by atoms with Crippen LogP contribution in [0.2, 0.25) is 10.0 Å². The lowest BCUT2D eigenvalue weighted by Gasteiger charge is -2.12. The number of hydrogen-bond acceptors (Lipinski definition) is 3. The summed E-state index contributed by atoms with van der Waals surface area (Å²) in [6.07, 6.45) is -1.93. The van der Waals surface area contributed by atoms with Crippen LogP contribution in [0.25, 0.3) is 0 Å². The molecule has 0 heterocycles. The molecular weight excluding hydrogens is 281 g/mol. The molecule has 1 aromatic carbocycles. The smallest absolute Gasteiger partial charge is 0.387 e. The van der Waals surface area contributed by atoms with Crippen LogP contribution < -0.4 is 4.74 Å². The Balaban J connectivity index is 3.14. The Bertz CT molecular complexity index is 416. The van der Waals surface area contributed by atoms with Crippen LogP contribution in [0.5, 0.6) is 5.75 Å². The molecule has 0 aliphatic carbocycles. The van der Waals surface area contributed by atoms with Crippen LogP contribution in [0.4, 0.5) is 8.78 Å². The minimum Gasteiger partial charge on any atom is -0.479 e. The number of aliphatic hydroxyl groups is 1. The topological polar surface area (TPSA) is 66.8 Å². The quantitative estimate of drug-likeness (QED) is 0.893. The van der Waals surface area contributed by atoms with Crippen LogP contribution in [0.15, 0.2) is 12.1 Å². The number of carboxylic acid groups (broad SMARTS) is 1. The van der Waals surface area contributed by atoms with Crippen molar-refractivity contribution in [2.24, 2.45) is 0 Å². The summed E-state index contributed by atoms with van der Waals surface area (Å²) < 4.78 is 27.9. The van der Waals surface area contributed by atoms with Crippen LogP contribution in [-0.4, -0.2) is 22.8 Å². The highest BCUT2D eigenvalue weighted by atomic mass is 35.5. The Labute approximate surface area is 104 Å². The summed E-state index contributed by atoms with van der Waals surface area (Å²) in [6, 6.07) is 1.89. The van der Waals surface area contributed by atoms with Gasteiger partial charge in [-0.1, -0.05) is 23.2 Å². The molecule has 4 nitrogen and oxygen atoms in total. The van der Waals surface area contributed by atoms with E-state index in [0.717, 1.165) is 12.1 Å². The zero-order valence-corrected chi connectivity index (χ0v) is 9.54. The molecule has 0 saturated carbocycles. The van der Waals surface area contributed by atoms with Gasteiger partial charge >= 0.3 is 12.6 Å². The zero-order valence-electron chi connectivity index (χ0n) is 8.03. The summed E-state index contributed by atoms with van der Waals surface area (Å²) in [6.45, 7) is -3.06. The molecule has 0 fully saturated rings. The number of ether oxygens (including phenoxy) is 1. The first kappa shape index (κ1) is 14.0. The first-order valence-electron chi connectivity index (χ1n) is 4.17. The molecule has 0 bridgehead atoms. The standard InChI is InChI=1S/C9H6Cl2F2O4/c10-4-1-3(17-9(12)13)2-5(11)6(4)7(14)8(15)16/h1-2,7,9,14H,(H,15,16)/t7-/m0/s1. The molecule has 0 spiro atoms. The fourth-order valence-electron chi connectivity index (χ4n) is 1.12. The van der Waals surface area contributed by atoms with Crippen molar-refractivity contribution in [2.45, 2.75) is 12.7 Å². The van der Waals surface area contributed by atoms with E-state index in [1.165, 1.54) is 0 Å². The van der Waals surface area contributed by atoms with Gasteiger partial charge in [-0.3, -0.25) is 0 Å². The van der Waals surface area contributed by atoms with Gasteiger partial charge in [0.05, 0.1) is 10.0 Å². The second-order valence-electron chi connectivity index (χ2n) is 2.92. The van der Waals surface area contributed by atoms with Gasteiger partial charge in [-0.15, -0.1) is 0 Å². The molecule has 0 unspecified atom stereocenters. The van der Waals surface area contributed by atoms with Crippen molar-refractivity contribution in [3.05, 3.63) is 27.7 Å². The number of rotatable bonds is 4. The Hall–Kier alpha value is -1.11. The Morgan fingerprint density at radius 3 is 2.12 bits per heavy atom. The number of carbonyl (C=O) groups is 1. The van der Waals surface area contributed by atoms with Gasteiger partial charge in [0.25, 0.3) is 0 Å². The van der Waals surface area contributed by atoms with Gasteiger partial charge in [0.1, 0.15) is 5.75 Å². The summed E-state index contributed by atoms with van der Waals surface area (Å²) in [7, 11) is 0. The van der Waals surface area contributed by atoms with Crippen molar-refractivity contribution in [3.8, 4) is 5.75 Å². The molecule has 1 rings (SSSR count). The minimum atomic E-state index is -3.06. The number of halogens is 4. The fourth-order valence-corrected chi connectivity index (χ4v) is 1.79. The van der Waals surface area contributed by atoms with Crippen LogP contribution in [0.1, 0.15) is 11.7 Å². The number of carboxylic acids is 1. The monoisotopic (exact) mass is 286 g/mol. The minimum absolute atomic E-state index is 0.275. The van der Waals surface area contributed by atoms with E-state index < -0.39 is 18.7 Å². The van der Waals surface area contributed by atoms with Crippen molar-refractivity contribution in [3.63, 3.8) is 0 Å². The van der Waals surface area contributed by atoms with Crippen LogP contribution in [0.3, 0.4) is 0 Å². The maximum atomic E-state index is 11.9.